The summed E-state index contributed by atoms with van der Waals surface area (Å²) >= 11 is 1.25. The summed E-state index contributed by atoms with van der Waals surface area (Å²) in [4.78, 5) is 39.2. The van der Waals surface area contributed by atoms with E-state index in [1.165, 1.54) is 16.2 Å². The highest BCUT2D eigenvalue weighted by Gasteiger charge is 2.45. The van der Waals surface area contributed by atoms with E-state index in [4.69, 9.17) is 5.11 Å². The molecule has 1 unspecified atom stereocenters. The standard InChI is InChI=1S/C24H19NO5S/c1-14-5-2-3-6-17(14)21-20(22(28)18-7-4-12-31-18)23(29)24(30)25(21)16-10-8-15(9-11-16)13-19(26)27/h2-12,21,29H,13H2,1H3,(H,26,27). The number of carbonyl (C=O) groups is 3. The van der Waals surface area contributed by atoms with Gasteiger partial charge >= 0.3 is 5.97 Å². The molecule has 0 aliphatic carbocycles. The molecule has 0 saturated carbocycles. The maximum absolute atomic E-state index is 13.3. The number of anilines is 1. The molecular weight excluding hydrogens is 414 g/mol. The van der Waals surface area contributed by atoms with E-state index in [0.29, 0.717) is 16.1 Å². The summed E-state index contributed by atoms with van der Waals surface area (Å²) in [5.41, 5.74) is 2.69. The van der Waals surface area contributed by atoms with E-state index in [0.717, 1.165) is 11.1 Å². The maximum atomic E-state index is 13.3. The summed E-state index contributed by atoms with van der Waals surface area (Å²) in [7, 11) is 0. The van der Waals surface area contributed by atoms with Crippen molar-refractivity contribution in [3.05, 3.63) is 98.9 Å². The SMILES string of the molecule is Cc1ccccc1C1C(C(=O)c2cccs2)=C(O)C(=O)N1c1ccc(CC(=O)O)cc1. The first-order valence-corrected chi connectivity index (χ1v) is 10.5. The summed E-state index contributed by atoms with van der Waals surface area (Å²) in [5, 5.41) is 21.5. The number of amides is 1. The largest absolute Gasteiger partial charge is 0.503 e. The highest BCUT2D eigenvalue weighted by Crippen LogP contribution is 2.43. The number of carboxylic acid groups (broad SMARTS) is 1. The predicted molar refractivity (Wildman–Crippen MR) is 117 cm³/mol. The van der Waals surface area contributed by atoms with Gasteiger partial charge in [-0.15, -0.1) is 11.3 Å². The van der Waals surface area contributed by atoms with Gasteiger partial charge in [0.2, 0.25) is 5.78 Å². The van der Waals surface area contributed by atoms with Crippen LogP contribution in [0.25, 0.3) is 0 Å². The molecule has 1 amide bonds. The number of nitrogens with zero attached hydrogens (tertiary/aromatic N) is 1. The molecule has 2 heterocycles. The van der Waals surface area contributed by atoms with Crippen LogP contribution in [0.15, 0.2) is 77.4 Å². The molecule has 3 aromatic rings. The smallest absolute Gasteiger partial charge is 0.307 e. The van der Waals surface area contributed by atoms with Crippen LogP contribution in [-0.4, -0.2) is 27.9 Å². The minimum absolute atomic E-state index is 0.0383. The van der Waals surface area contributed by atoms with Crippen molar-refractivity contribution in [2.45, 2.75) is 19.4 Å². The number of Topliss-reactive ketones (excluding diaryl/α,β-unsaturated/α-hetero) is 1. The van der Waals surface area contributed by atoms with Crippen LogP contribution in [0, 0.1) is 6.92 Å². The van der Waals surface area contributed by atoms with Crippen LogP contribution in [0.2, 0.25) is 0 Å². The van der Waals surface area contributed by atoms with Crippen LogP contribution in [0.3, 0.4) is 0 Å². The van der Waals surface area contributed by atoms with Gasteiger partial charge in [-0.2, -0.15) is 0 Å². The fraction of sp³-hybridized carbons (Fsp3) is 0.125. The number of hydrogen-bond acceptors (Lipinski definition) is 5. The van der Waals surface area contributed by atoms with Crippen molar-refractivity contribution in [3.63, 3.8) is 0 Å². The van der Waals surface area contributed by atoms with Gasteiger partial charge in [0, 0.05) is 5.69 Å². The highest BCUT2D eigenvalue weighted by atomic mass is 32.1. The van der Waals surface area contributed by atoms with Crippen LogP contribution in [0.1, 0.15) is 32.4 Å². The van der Waals surface area contributed by atoms with Crippen LogP contribution in [0.4, 0.5) is 5.69 Å². The molecule has 0 spiro atoms. The zero-order chi connectivity index (χ0) is 22.1. The van der Waals surface area contributed by atoms with Crippen LogP contribution in [-0.2, 0) is 16.0 Å². The minimum Gasteiger partial charge on any atom is -0.503 e. The monoisotopic (exact) mass is 433 g/mol. The number of benzene rings is 2. The van der Waals surface area contributed by atoms with E-state index in [9.17, 15) is 19.5 Å². The summed E-state index contributed by atoms with van der Waals surface area (Å²) in [5.74, 6) is -2.58. The van der Waals surface area contributed by atoms with Crippen molar-refractivity contribution in [1.29, 1.82) is 0 Å². The van der Waals surface area contributed by atoms with Gasteiger partial charge in [0.15, 0.2) is 5.76 Å². The van der Waals surface area contributed by atoms with Crippen LogP contribution in [0.5, 0.6) is 0 Å². The number of aryl methyl sites for hydroxylation is 1. The molecule has 1 aromatic heterocycles. The van der Waals surface area contributed by atoms with Crippen molar-refractivity contribution in [2.75, 3.05) is 4.90 Å². The summed E-state index contributed by atoms with van der Waals surface area (Å²) in [6.07, 6.45) is -0.138. The van der Waals surface area contributed by atoms with E-state index in [1.54, 1.807) is 41.8 Å². The average Bonchev–Trinajstić information content (AvgIpc) is 3.36. The molecule has 0 bridgehead atoms. The van der Waals surface area contributed by atoms with Crippen molar-refractivity contribution in [3.8, 4) is 0 Å². The lowest BCUT2D eigenvalue weighted by atomic mass is 9.92. The molecule has 6 nitrogen and oxygen atoms in total. The van der Waals surface area contributed by atoms with Crippen molar-refractivity contribution < 1.29 is 24.6 Å². The van der Waals surface area contributed by atoms with Crippen LogP contribution >= 0.6 is 11.3 Å². The number of carboxylic acids is 1. The Bertz CT molecular complexity index is 1190. The van der Waals surface area contributed by atoms with Gasteiger partial charge in [-0.05, 0) is 47.2 Å². The Labute approximate surface area is 182 Å². The quantitative estimate of drug-likeness (QED) is 0.560. The van der Waals surface area contributed by atoms with E-state index in [1.807, 2.05) is 31.2 Å². The second-order valence-corrected chi connectivity index (χ2v) is 8.19. The van der Waals surface area contributed by atoms with Gasteiger partial charge in [0.25, 0.3) is 5.91 Å². The third kappa shape index (κ3) is 3.75. The zero-order valence-corrected chi connectivity index (χ0v) is 17.4. The molecule has 2 N–H and O–H groups in total. The molecule has 156 valence electrons. The molecule has 1 atom stereocenters. The minimum atomic E-state index is -0.953. The van der Waals surface area contributed by atoms with Crippen molar-refractivity contribution >= 4 is 34.7 Å². The molecule has 4 rings (SSSR count). The lowest BCUT2D eigenvalue weighted by molar-refractivity contribution is -0.136. The summed E-state index contributed by atoms with van der Waals surface area (Å²) < 4.78 is 0. The number of carbonyl (C=O) groups excluding carboxylic acids is 2. The highest BCUT2D eigenvalue weighted by molar-refractivity contribution is 7.12. The molecule has 0 radical (unpaired) electrons. The molecule has 1 aliphatic rings. The number of rotatable bonds is 6. The second-order valence-electron chi connectivity index (χ2n) is 7.24. The van der Waals surface area contributed by atoms with Crippen molar-refractivity contribution in [2.24, 2.45) is 0 Å². The molecular formula is C24H19NO5S. The van der Waals surface area contributed by atoms with Gasteiger partial charge in [-0.25, -0.2) is 0 Å². The third-order valence-electron chi connectivity index (χ3n) is 5.25. The second kappa shape index (κ2) is 8.20. The molecule has 7 heteroatoms. The Morgan fingerprint density at radius 2 is 1.74 bits per heavy atom. The lowest BCUT2D eigenvalue weighted by Crippen LogP contribution is -2.31. The zero-order valence-electron chi connectivity index (χ0n) is 16.6. The number of ketones is 1. The van der Waals surface area contributed by atoms with Gasteiger partial charge in [-0.3, -0.25) is 19.3 Å². The van der Waals surface area contributed by atoms with E-state index in [2.05, 4.69) is 0 Å². The first-order valence-electron chi connectivity index (χ1n) is 9.59. The van der Waals surface area contributed by atoms with E-state index in [-0.39, 0.29) is 17.8 Å². The number of aliphatic carboxylic acids is 1. The van der Waals surface area contributed by atoms with Gasteiger partial charge in [-0.1, -0.05) is 42.5 Å². The fourth-order valence-corrected chi connectivity index (χ4v) is 4.46. The lowest BCUT2D eigenvalue weighted by Gasteiger charge is -2.28. The maximum Gasteiger partial charge on any atom is 0.307 e. The van der Waals surface area contributed by atoms with Gasteiger partial charge in [0.1, 0.15) is 0 Å². The van der Waals surface area contributed by atoms with Gasteiger partial charge in [0.05, 0.1) is 22.9 Å². The van der Waals surface area contributed by atoms with E-state index >= 15 is 0 Å². The Hall–Kier alpha value is -3.71. The first-order chi connectivity index (χ1) is 14.9. The van der Waals surface area contributed by atoms with Crippen molar-refractivity contribution in [1.82, 2.24) is 0 Å². The molecule has 0 saturated heterocycles. The third-order valence-corrected chi connectivity index (χ3v) is 6.12. The predicted octanol–water partition coefficient (Wildman–Crippen LogP) is 4.47. The topological polar surface area (TPSA) is 94.9 Å². The number of aliphatic hydroxyl groups is 1. The Morgan fingerprint density at radius 1 is 1.03 bits per heavy atom. The Kier molecular flexibility index (Phi) is 5.44. The fourth-order valence-electron chi connectivity index (χ4n) is 3.78. The number of aliphatic hydroxyl groups excluding tert-OH is 1. The summed E-state index contributed by atoms with van der Waals surface area (Å²) in [6, 6.07) is 16.5. The number of hydrogen-bond donors (Lipinski definition) is 2. The van der Waals surface area contributed by atoms with Crippen LogP contribution < -0.4 is 4.90 Å². The Morgan fingerprint density at radius 3 is 2.35 bits per heavy atom. The first kappa shape index (κ1) is 20.6. The summed E-state index contributed by atoms with van der Waals surface area (Å²) in [6.45, 7) is 1.89. The van der Waals surface area contributed by atoms with Gasteiger partial charge < -0.3 is 10.2 Å². The molecule has 1 aliphatic heterocycles. The average molecular weight is 433 g/mol. The normalized spacial score (nSPS) is 16.1. The Balaban J connectivity index is 1.83. The van der Waals surface area contributed by atoms with E-state index < -0.39 is 23.7 Å². The molecule has 31 heavy (non-hydrogen) atoms. The molecule has 2 aromatic carbocycles. The molecule has 0 fully saturated rings. The number of thiophene rings is 1.